The molecule has 0 aromatic carbocycles. The molecule has 2 N–H and O–H groups in total. The Balaban J connectivity index is 2.62. The first kappa shape index (κ1) is 9.66. The van der Waals surface area contributed by atoms with Gasteiger partial charge in [0.1, 0.15) is 0 Å². The van der Waals surface area contributed by atoms with Crippen LogP contribution in [-0.2, 0) is 11.2 Å². The molecule has 0 amide bonds. The van der Waals surface area contributed by atoms with E-state index in [1.165, 1.54) is 0 Å². The summed E-state index contributed by atoms with van der Waals surface area (Å²) in [4.78, 5) is 11.0. The molecule has 0 fully saturated rings. The van der Waals surface area contributed by atoms with E-state index in [1.54, 1.807) is 6.92 Å². The Morgan fingerprint density at radius 3 is 3.00 bits per heavy atom. The van der Waals surface area contributed by atoms with Crippen molar-refractivity contribution in [3.8, 4) is 0 Å². The number of ether oxygens (including phenoxy) is 1. The molecule has 0 bridgehead atoms. The minimum atomic E-state index is -0.599. The molecule has 0 radical (unpaired) electrons. The van der Waals surface area contributed by atoms with Crippen molar-refractivity contribution >= 4 is 5.97 Å². The molecule has 13 heavy (non-hydrogen) atoms. The first-order valence-electron chi connectivity index (χ1n) is 3.97. The topological polar surface area (TPSA) is 91.2 Å². The number of esters is 1. The quantitative estimate of drug-likeness (QED) is 0.650. The van der Waals surface area contributed by atoms with E-state index in [-0.39, 0.29) is 12.5 Å². The van der Waals surface area contributed by atoms with E-state index < -0.39 is 5.97 Å². The number of rotatable bonds is 4. The molecule has 1 aromatic rings. The highest BCUT2D eigenvalue weighted by Crippen LogP contribution is 2.01. The molecule has 72 valence electrons. The predicted molar refractivity (Wildman–Crippen MR) is 43.0 cm³/mol. The summed E-state index contributed by atoms with van der Waals surface area (Å²) in [7, 11) is 0. The maximum absolute atomic E-state index is 11.0. The lowest BCUT2D eigenvalue weighted by Gasteiger charge is -1.94. The zero-order valence-electron chi connectivity index (χ0n) is 7.32. The number of carbonyl (C=O) groups is 1. The Morgan fingerprint density at radius 2 is 2.38 bits per heavy atom. The van der Waals surface area contributed by atoms with Gasteiger partial charge >= 0.3 is 11.9 Å². The van der Waals surface area contributed by atoms with Gasteiger partial charge in [-0.15, -0.1) is 10.2 Å². The number of hydrogen-bond donors (Lipinski definition) is 1. The van der Waals surface area contributed by atoms with Gasteiger partial charge in [0.25, 0.3) is 0 Å². The molecule has 0 unspecified atom stereocenters. The van der Waals surface area contributed by atoms with Crippen molar-refractivity contribution in [3.63, 3.8) is 0 Å². The van der Waals surface area contributed by atoms with Crippen molar-refractivity contribution in [1.29, 1.82) is 0 Å². The van der Waals surface area contributed by atoms with Crippen molar-refractivity contribution in [3.05, 3.63) is 11.8 Å². The van der Waals surface area contributed by atoms with Gasteiger partial charge in [0.05, 0.1) is 6.61 Å². The van der Waals surface area contributed by atoms with Crippen molar-refractivity contribution in [1.82, 2.24) is 10.2 Å². The fourth-order valence-corrected chi connectivity index (χ4v) is 0.753. The fourth-order valence-electron chi connectivity index (χ4n) is 0.753. The van der Waals surface area contributed by atoms with Gasteiger partial charge < -0.3 is 14.9 Å². The number of carbonyl (C=O) groups excluding carboxylic acids is 1. The van der Waals surface area contributed by atoms with E-state index in [4.69, 9.17) is 10.2 Å². The van der Waals surface area contributed by atoms with Crippen LogP contribution in [0.4, 0.5) is 0 Å². The van der Waals surface area contributed by atoms with Crippen LogP contribution in [0.5, 0.6) is 0 Å². The summed E-state index contributed by atoms with van der Waals surface area (Å²) in [5.74, 6) is -0.367. The second kappa shape index (κ2) is 4.56. The Morgan fingerprint density at radius 1 is 1.62 bits per heavy atom. The summed E-state index contributed by atoms with van der Waals surface area (Å²) < 4.78 is 9.61. The number of hydrogen-bond acceptors (Lipinski definition) is 6. The van der Waals surface area contributed by atoms with Gasteiger partial charge in [-0.2, -0.15) is 0 Å². The Bertz CT molecular complexity index is 284. The average Bonchev–Trinajstić information content (AvgIpc) is 2.54. The summed E-state index contributed by atoms with van der Waals surface area (Å²) in [6, 6.07) is 0. The molecule has 0 aliphatic rings. The van der Waals surface area contributed by atoms with Crippen LogP contribution in [-0.4, -0.2) is 29.3 Å². The molecule has 0 saturated carbocycles. The maximum Gasteiger partial charge on any atom is 0.396 e. The Hall–Kier alpha value is -1.43. The zero-order valence-corrected chi connectivity index (χ0v) is 7.32. The van der Waals surface area contributed by atoms with Crippen LogP contribution < -0.4 is 5.73 Å². The minimum Gasteiger partial charge on any atom is -0.459 e. The van der Waals surface area contributed by atoms with Gasteiger partial charge in [0, 0.05) is 13.0 Å². The lowest BCUT2D eigenvalue weighted by Crippen LogP contribution is -2.04. The molecule has 0 aliphatic carbocycles. The summed E-state index contributed by atoms with van der Waals surface area (Å²) >= 11 is 0. The van der Waals surface area contributed by atoms with Crippen molar-refractivity contribution < 1.29 is 13.9 Å². The van der Waals surface area contributed by atoms with E-state index >= 15 is 0 Å². The lowest BCUT2D eigenvalue weighted by molar-refractivity contribution is 0.0478. The van der Waals surface area contributed by atoms with E-state index in [2.05, 4.69) is 14.9 Å². The summed E-state index contributed by atoms with van der Waals surface area (Å²) in [5, 5.41) is 7.12. The molecule has 6 heteroatoms. The van der Waals surface area contributed by atoms with Crippen molar-refractivity contribution in [2.24, 2.45) is 5.73 Å². The minimum absolute atomic E-state index is 0.120. The van der Waals surface area contributed by atoms with Crippen LogP contribution in [0.2, 0.25) is 0 Å². The average molecular weight is 185 g/mol. The molecule has 0 spiro atoms. The van der Waals surface area contributed by atoms with Gasteiger partial charge in [0.2, 0.25) is 5.89 Å². The molecule has 6 nitrogen and oxygen atoms in total. The van der Waals surface area contributed by atoms with Crippen LogP contribution in [0, 0.1) is 0 Å². The smallest absolute Gasteiger partial charge is 0.396 e. The molecule has 0 aliphatic heterocycles. The van der Waals surface area contributed by atoms with E-state index in [1.807, 2.05) is 0 Å². The highest BCUT2D eigenvalue weighted by molar-refractivity contribution is 5.83. The SMILES string of the molecule is CCOC(=O)c1nnc(CCN)o1. The Labute approximate surface area is 75.1 Å². The van der Waals surface area contributed by atoms with E-state index in [0.29, 0.717) is 18.9 Å². The first-order chi connectivity index (χ1) is 6.27. The zero-order chi connectivity index (χ0) is 9.68. The summed E-state index contributed by atoms with van der Waals surface area (Å²) in [5.41, 5.74) is 5.26. The number of nitrogens with zero attached hydrogens (tertiary/aromatic N) is 2. The van der Waals surface area contributed by atoms with Crippen LogP contribution in [0.1, 0.15) is 23.5 Å². The van der Waals surface area contributed by atoms with Crippen molar-refractivity contribution in [2.45, 2.75) is 13.3 Å². The fraction of sp³-hybridized carbons (Fsp3) is 0.571. The summed E-state index contributed by atoms with van der Waals surface area (Å²) in [6.07, 6.45) is 0.465. The maximum atomic E-state index is 11.0. The molecule has 1 rings (SSSR count). The normalized spacial score (nSPS) is 10.0. The molecule has 0 atom stereocenters. The third kappa shape index (κ3) is 2.51. The predicted octanol–water partition coefficient (Wildman–Crippen LogP) is -0.252. The second-order valence-electron chi connectivity index (χ2n) is 2.26. The van der Waals surface area contributed by atoms with Gasteiger partial charge in [-0.05, 0) is 6.92 Å². The molecule has 1 heterocycles. The molecule has 1 aromatic heterocycles. The standard InChI is InChI=1S/C7H11N3O3/c1-2-12-7(11)6-10-9-5(13-6)3-4-8/h2-4,8H2,1H3. The van der Waals surface area contributed by atoms with Crippen LogP contribution in [0.3, 0.4) is 0 Å². The summed E-state index contributed by atoms with van der Waals surface area (Å²) in [6.45, 7) is 2.40. The molecular weight excluding hydrogens is 174 g/mol. The first-order valence-corrected chi connectivity index (χ1v) is 3.97. The monoisotopic (exact) mass is 185 g/mol. The van der Waals surface area contributed by atoms with Crippen LogP contribution in [0.15, 0.2) is 4.42 Å². The largest absolute Gasteiger partial charge is 0.459 e. The highest BCUT2D eigenvalue weighted by Gasteiger charge is 2.14. The third-order valence-electron chi connectivity index (χ3n) is 1.28. The highest BCUT2D eigenvalue weighted by atomic mass is 16.5. The van der Waals surface area contributed by atoms with Gasteiger partial charge in [-0.3, -0.25) is 0 Å². The van der Waals surface area contributed by atoms with Crippen LogP contribution >= 0.6 is 0 Å². The van der Waals surface area contributed by atoms with Crippen LogP contribution in [0.25, 0.3) is 0 Å². The number of nitrogens with two attached hydrogens (primary N) is 1. The van der Waals surface area contributed by atoms with Gasteiger partial charge in [0.15, 0.2) is 0 Å². The van der Waals surface area contributed by atoms with Crippen molar-refractivity contribution in [2.75, 3.05) is 13.2 Å². The number of aromatic nitrogens is 2. The molecular formula is C7H11N3O3. The van der Waals surface area contributed by atoms with E-state index in [0.717, 1.165) is 0 Å². The second-order valence-corrected chi connectivity index (χ2v) is 2.26. The van der Waals surface area contributed by atoms with Gasteiger partial charge in [-0.25, -0.2) is 4.79 Å². The van der Waals surface area contributed by atoms with E-state index in [9.17, 15) is 4.79 Å². The lowest BCUT2D eigenvalue weighted by atomic mass is 10.4. The molecule has 0 saturated heterocycles. The third-order valence-corrected chi connectivity index (χ3v) is 1.28. The van der Waals surface area contributed by atoms with Gasteiger partial charge in [-0.1, -0.05) is 0 Å². The Kier molecular flexibility index (Phi) is 3.39.